The highest BCUT2D eigenvalue weighted by Crippen LogP contribution is 2.27. The smallest absolute Gasteiger partial charge is 0.318 e. The molecule has 2 N–H and O–H groups in total. The normalized spacial score (nSPS) is 12.4. The number of hydrogen-bond donors (Lipinski definition) is 2. The molecule has 0 aromatic rings. The van der Waals surface area contributed by atoms with Crippen LogP contribution in [0.3, 0.4) is 0 Å². The van der Waals surface area contributed by atoms with Crippen molar-refractivity contribution >= 4 is 11.9 Å². The fourth-order valence-electron chi connectivity index (χ4n) is 3.54. The van der Waals surface area contributed by atoms with Gasteiger partial charge in [0.05, 0.1) is 0 Å². The van der Waals surface area contributed by atoms with Crippen molar-refractivity contribution in [2.75, 3.05) is 0 Å². The number of aliphatic carboxylic acids is 2. The van der Waals surface area contributed by atoms with Crippen LogP contribution in [0.15, 0.2) is 0 Å². The molecule has 25 heavy (non-hydrogen) atoms. The summed E-state index contributed by atoms with van der Waals surface area (Å²) in [5.74, 6) is -3.82. The van der Waals surface area contributed by atoms with Crippen LogP contribution in [0.2, 0.25) is 0 Å². The Morgan fingerprint density at radius 1 is 0.600 bits per heavy atom. The molecule has 0 bridgehead atoms. The monoisotopic (exact) mass is 356 g/mol. The molecule has 4 heteroatoms. The Balaban J connectivity index is 4.20. The summed E-state index contributed by atoms with van der Waals surface area (Å²) in [6.45, 7) is 4.37. The molecule has 0 aromatic heterocycles. The van der Waals surface area contributed by atoms with Crippen molar-refractivity contribution in [2.24, 2.45) is 11.8 Å². The fourth-order valence-corrected chi connectivity index (χ4v) is 3.54. The molecule has 0 heterocycles. The molecule has 0 amide bonds. The van der Waals surface area contributed by atoms with Gasteiger partial charge in [0, 0.05) is 0 Å². The van der Waals surface area contributed by atoms with Crippen molar-refractivity contribution in [3.63, 3.8) is 0 Å². The van der Waals surface area contributed by atoms with Crippen molar-refractivity contribution in [3.8, 4) is 0 Å². The lowest BCUT2D eigenvalue weighted by Crippen LogP contribution is -2.31. The van der Waals surface area contributed by atoms with Crippen LogP contribution < -0.4 is 0 Å². The van der Waals surface area contributed by atoms with Gasteiger partial charge in [-0.25, -0.2) is 0 Å². The van der Waals surface area contributed by atoms with Crippen molar-refractivity contribution < 1.29 is 19.8 Å². The average molecular weight is 357 g/mol. The van der Waals surface area contributed by atoms with Gasteiger partial charge in [-0.05, 0) is 18.8 Å². The van der Waals surface area contributed by atoms with Crippen molar-refractivity contribution in [1.82, 2.24) is 0 Å². The lowest BCUT2D eigenvalue weighted by molar-refractivity contribution is -0.157. The lowest BCUT2D eigenvalue weighted by atomic mass is 9.83. The summed E-state index contributed by atoms with van der Waals surface area (Å²) in [6, 6.07) is 0. The second kappa shape index (κ2) is 16.4. The van der Waals surface area contributed by atoms with Crippen LogP contribution in [0.1, 0.15) is 110 Å². The van der Waals surface area contributed by atoms with E-state index >= 15 is 0 Å². The Bertz CT molecular complexity index is 327. The van der Waals surface area contributed by atoms with Gasteiger partial charge in [0.15, 0.2) is 5.92 Å². The Morgan fingerprint density at radius 3 is 1.24 bits per heavy atom. The van der Waals surface area contributed by atoms with Gasteiger partial charge in [-0.3, -0.25) is 9.59 Å². The standard InChI is InChI=1S/C21H40O4/c1-3-5-7-9-10-11-13-15-17-18(16-14-12-8-6-4-2)19(20(22)23)21(24)25/h18-19H,3-17H2,1-2H3,(H,22,23)(H,24,25). The Morgan fingerprint density at radius 2 is 0.920 bits per heavy atom. The van der Waals surface area contributed by atoms with Crippen molar-refractivity contribution in [2.45, 2.75) is 110 Å². The zero-order chi connectivity index (χ0) is 18.9. The maximum atomic E-state index is 11.4. The molecule has 0 radical (unpaired) electrons. The highest BCUT2D eigenvalue weighted by atomic mass is 16.4. The fraction of sp³-hybridized carbons (Fsp3) is 0.905. The first-order chi connectivity index (χ1) is 12.0. The molecule has 0 fully saturated rings. The minimum Gasteiger partial charge on any atom is -0.481 e. The summed E-state index contributed by atoms with van der Waals surface area (Å²) in [5.41, 5.74) is 0. The van der Waals surface area contributed by atoms with E-state index in [1.165, 1.54) is 51.4 Å². The van der Waals surface area contributed by atoms with Crippen LogP contribution in [0.5, 0.6) is 0 Å². The van der Waals surface area contributed by atoms with Gasteiger partial charge in [0.2, 0.25) is 0 Å². The third-order valence-electron chi connectivity index (χ3n) is 5.11. The van der Waals surface area contributed by atoms with E-state index in [9.17, 15) is 19.8 Å². The van der Waals surface area contributed by atoms with Gasteiger partial charge >= 0.3 is 11.9 Å². The molecule has 0 saturated carbocycles. The van der Waals surface area contributed by atoms with Crippen LogP contribution in [-0.2, 0) is 9.59 Å². The maximum Gasteiger partial charge on any atom is 0.318 e. The van der Waals surface area contributed by atoms with E-state index in [-0.39, 0.29) is 5.92 Å². The molecule has 0 aliphatic rings. The number of carboxylic acid groups (broad SMARTS) is 2. The number of carboxylic acids is 2. The molecular weight excluding hydrogens is 316 g/mol. The molecule has 0 aromatic carbocycles. The summed E-state index contributed by atoms with van der Waals surface area (Å²) < 4.78 is 0. The van der Waals surface area contributed by atoms with E-state index in [1.54, 1.807) is 0 Å². The molecule has 0 spiro atoms. The molecule has 148 valence electrons. The SMILES string of the molecule is CCCCCCCCCCC(CCCCCCC)C(C(=O)O)C(=O)O. The number of rotatable bonds is 18. The van der Waals surface area contributed by atoms with Gasteiger partial charge in [-0.1, -0.05) is 97.3 Å². The van der Waals surface area contributed by atoms with E-state index in [2.05, 4.69) is 13.8 Å². The minimum atomic E-state index is -1.24. The highest BCUT2D eigenvalue weighted by molar-refractivity contribution is 5.93. The van der Waals surface area contributed by atoms with E-state index in [1.807, 2.05) is 0 Å². The number of unbranched alkanes of at least 4 members (excludes halogenated alkanes) is 11. The van der Waals surface area contributed by atoms with Gasteiger partial charge in [0.25, 0.3) is 0 Å². The second-order valence-electron chi connectivity index (χ2n) is 7.38. The quantitative estimate of drug-likeness (QED) is 0.224. The average Bonchev–Trinajstić information content (AvgIpc) is 2.56. The Hall–Kier alpha value is -1.06. The molecule has 0 aliphatic heterocycles. The topological polar surface area (TPSA) is 74.6 Å². The summed E-state index contributed by atoms with van der Waals surface area (Å²) in [4.78, 5) is 22.7. The minimum absolute atomic E-state index is 0.225. The predicted octanol–water partition coefficient (Wildman–Crippen LogP) is 6.28. The molecule has 4 nitrogen and oxygen atoms in total. The first-order valence-corrected chi connectivity index (χ1v) is 10.5. The van der Waals surface area contributed by atoms with Gasteiger partial charge in [-0.2, -0.15) is 0 Å². The predicted molar refractivity (Wildman–Crippen MR) is 103 cm³/mol. The molecule has 0 rings (SSSR count). The first-order valence-electron chi connectivity index (χ1n) is 10.5. The summed E-state index contributed by atoms with van der Waals surface area (Å²) >= 11 is 0. The second-order valence-corrected chi connectivity index (χ2v) is 7.38. The van der Waals surface area contributed by atoms with E-state index < -0.39 is 17.9 Å². The third kappa shape index (κ3) is 12.9. The van der Waals surface area contributed by atoms with Crippen LogP contribution >= 0.6 is 0 Å². The number of hydrogen-bond acceptors (Lipinski definition) is 2. The first kappa shape index (κ1) is 23.9. The van der Waals surface area contributed by atoms with E-state index in [4.69, 9.17) is 0 Å². The molecule has 0 aliphatic carbocycles. The third-order valence-corrected chi connectivity index (χ3v) is 5.11. The zero-order valence-corrected chi connectivity index (χ0v) is 16.5. The van der Waals surface area contributed by atoms with Gasteiger partial charge < -0.3 is 10.2 Å². The van der Waals surface area contributed by atoms with E-state index in [0.29, 0.717) is 0 Å². The molecule has 1 atom stereocenters. The van der Waals surface area contributed by atoms with Crippen molar-refractivity contribution in [1.29, 1.82) is 0 Å². The maximum absolute atomic E-state index is 11.4. The molecule has 0 saturated heterocycles. The Labute approximate surface area is 154 Å². The van der Waals surface area contributed by atoms with Crippen LogP contribution in [0, 0.1) is 11.8 Å². The van der Waals surface area contributed by atoms with Gasteiger partial charge in [-0.15, -0.1) is 0 Å². The summed E-state index contributed by atoms with van der Waals surface area (Å²) in [7, 11) is 0. The number of carbonyl (C=O) groups is 2. The Kier molecular flexibility index (Phi) is 15.7. The largest absolute Gasteiger partial charge is 0.481 e. The molecular formula is C21H40O4. The molecule has 1 unspecified atom stereocenters. The van der Waals surface area contributed by atoms with Crippen LogP contribution in [0.4, 0.5) is 0 Å². The summed E-state index contributed by atoms with van der Waals surface area (Å²) in [5, 5.41) is 18.6. The van der Waals surface area contributed by atoms with Gasteiger partial charge in [0.1, 0.15) is 0 Å². The zero-order valence-electron chi connectivity index (χ0n) is 16.5. The summed E-state index contributed by atoms with van der Waals surface area (Å²) in [6.07, 6.45) is 16.6. The van der Waals surface area contributed by atoms with Crippen LogP contribution in [0.25, 0.3) is 0 Å². The highest BCUT2D eigenvalue weighted by Gasteiger charge is 2.33. The lowest BCUT2D eigenvalue weighted by Gasteiger charge is -2.21. The van der Waals surface area contributed by atoms with E-state index in [0.717, 1.165) is 44.9 Å². The van der Waals surface area contributed by atoms with Crippen molar-refractivity contribution in [3.05, 3.63) is 0 Å². The van der Waals surface area contributed by atoms with Crippen LogP contribution in [-0.4, -0.2) is 22.2 Å².